The molecule has 3 N–H and O–H groups in total. The molecule has 2 aromatic heterocycles. The fourth-order valence-corrected chi connectivity index (χ4v) is 3.89. The number of ether oxygens (including phenoxy) is 1. The number of rotatable bonds is 3. The van der Waals surface area contributed by atoms with Gasteiger partial charge in [0.2, 0.25) is 0 Å². The number of fused-ring (bicyclic) bond motifs is 2. The highest BCUT2D eigenvalue weighted by Gasteiger charge is 2.34. The number of nitrogens with zero attached hydrogens (tertiary/aromatic N) is 2. The van der Waals surface area contributed by atoms with Crippen molar-refractivity contribution in [2.24, 2.45) is 0 Å². The summed E-state index contributed by atoms with van der Waals surface area (Å²) in [6, 6.07) is 5.29. The van der Waals surface area contributed by atoms with Gasteiger partial charge in [-0.05, 0) is 36.8 Å². The van der Waals surface area contributed by atoms with Crippen molar-refractivity contribution in [2.45, 2.75) is 19.1 Å². The summed E-state index contributed by atoms with van der Waals surface area (Å²) < 4.78 is 74.1. The summed E-state index contributed by atoms with van der Waals surface area (Å²) in [7, 11) is 0. The third-order valence-corrected chi connectivity index (χ3v) is 5.58. The second kappa shape index (κ2) is 8.62. The molecule has 0 spiro atoms. The van der Waals surface area contributed by atoms with Crippen LogP contribution in [-0.2, 0) is 19.1 Å². The van der Waals surface area contributed by atoms with E-state index in [0.29, 0.717) is 36.4 Å². The molecule has 0 atom stereocenters. The number of aromatic nitrogens is 3. The summed E-state index contributed by atoms with van der Waals surface area (Å²) in [5.41, 5.74) is 0.0179. The van der Waals surface area contributed by atoms with Gasteiger partial charge in [-0.25, -0.2) is 18.6 Å². The number of nitrogens with one attached hydrogen (secondary N) is 3. The second-order valence-electron chi connectivity index (χ2n) is 7.84. The number of anilines is 1. The molecule has 0 saturated carbocycles. The first-order valence-corrected chi connectivity index (χ1v) is 10.5. The molecule has 5 rings (SSSR count). The number of carbonyl (C=O) groups is 1. The lowest BCUT2D eigenvalue weighted by atomic mass is 10.1. The monoisotopic (exact) mass is 490 g/mol. The van der Waals surface area contributed by atoms with Crippen LogP contribution in [0.2, 0.25) is 0 Å². The van der Waals surface area contributed by atoms with E-state index >= 15 is 0 Å². The zero-order valence-electron chi connectivity index (χ0n) is 17.8. The van der Waals surface area contributed by atoms with Crippen molar-refractivity contribution in [3.63, 3.8) is 0 Å². The molecule has 1 amide bonds. The first kappa shape index (κ1) is 22.7. The summed E-state index contributed by atoms with van der Waals surface area (Å²) in [6.45, 7) is 1.29. The van der Waals surface area contributed by atoms with E-state index in [1.54, 1.807) is 0 Å². The maximum atomic E-state index is 14.9. The molecule has 4 aromatic rings. The highest BCUT2D eigenvalue weighted by atomic mass is 19.4. The van der Waals surface area contributed by atoms with Crippen molar-refractivity contribution in [2.75, 3.05) is 11.9 Å². The number of H-pyrrole nitrogens is 1. The molecule has 12 heteroatoms. The van der Waals surface area contributed by atoms with Crippen LogP contribution in [0.15, 0.2) is 48.9 Å². The van der Waals surface area contributed by atoms with Gasteiger partial charge in [0.05, 0.1) is 23.2 Å². The van der Waals surface area contributed by atoms with Gasteiger partial charge in [-0.15, -0.1) is 0 Å². The first-order chi connectivity index (χ1) is 16.7. The molecular formula is C23H17F5N5O2+. The van der Waals surface area contributed by atoms with Crippen LogP contribution < -0.4 is 20.4 Å². The van der Waals surface area contributed by atoms with Crippen molar-refractivity contribution in [1.29, 1.82) is 0 Å². The summed E-state index contributed by atoms with van der Waals surface area (Å²) in [5, 5.41) is 5.92. The topological polar surface area (TPSA) is 82.3 Å². The number of hydrogen-bond acceptors (Lipinski definition) is 4. The molecule has 180 valence electrons. The number of halogens is 5. The minimum absolute atomic E-state index is 0.0767. The number of alkyl halides is 3. The molecule has 0 radical (unpaired) electrons. The Morgan fingerprint density at radius 3 is 2.77 bits per heavy atom. The van der Waals surface area contributed by atoms with E-state index in [1.165, 1.54) is 24.7 Å². The zero-order valence-corrected chi connectivity index (χ0v) is 17.8. The van der Waals surface area contributed by atoms with Crippen LogP contribution in [0.5, 0.6) is 11.6 Å². The van der Waals surface area contributed by atoms with Gasteiger partial charge in [0.25, 0.3) is 12.2 Å². The zero-order chi connectivity index (χ0) is 24.7. The van der Waals surface area contributed by atoms with Gasteiger partial charge >= 0.3 is 12.2 Å². The average molecular weight is 490 g/mol. The lowest BCUT2D eigenvalue weighted by molar-refractivity contribution is -0.396. The van der Waals surface area contributed by atoms with E-state index in [9.17, 15) is 26.7 Å². The third-order valence-electron chi connectivity index (χ3n) is 5.58. The molecule has 1 aliphatic rings. The largest absolute Gasteiger partial charge is 0.420 e. The van der Waals surface area contributed by atoms with Gasteiger partial charge in [0, 0.05) is 29.9 Å². The van der Waals surface area contributed by atoms with Gasteiger partial charge in [-0.2, -0.15) is 13.2 Å². The molecule has 0 fully saturated rings. The van der Waals surface area contributed by atoms with Crippen molar-refractivity contribution in [1.82, 2.24) is 14.9 Å². The van der Waals surface area contributed by atoms with Crippen molar-refractivity contribution in [3.8, 4) is 11.6 Å². The smallest absolute Gasteiger partial charge is 0.419 e. The van der Waals surface area contributed by atoms with Crippen molar-refractivity contribution >= 4 is 22.6 Å². The normalized spacial score (nSPS) is 13.5. The van der Waals surface area contributed by atoms with E-state index < -0.39 is 29.4 Å². The van der Waals surface area contributed by atoms with Crippen LogP contribution in [0.4, 0.5) is 32.4 Å². The molecule has 35 heavy (non-hydrogen) atoms. The predicted molar refractivity (Wildman–Crippen MR) is 114 cm³/mol. The van der Waals surface area contributed by atoms with Crippen LogP contribution in [0.3, 0.4) is 0 Å². The average Bonchev–Trinajstić information content (AvgIpc) is 3.22. The number of carbonyl (C=O) groups excluding carboxylic acids is 1. The van der Waals surface area contributed by atoms with E-state index in [0.717, 1.165) is 34.5 Å². The Hall–Kier alpha value is -4.06. The molecular weight excluding hydrogens is 473 g/mol. The Morgan fingerprint density at radius 2 is 1.97 bits per heavy atom. The fraction of sp³-hybridized carbons (Fsp3) is 0.174. The molecule has 1 aliphatic heterocycles. The molecule has 3 heterocycles. The van der Waals surface area contributed by atoms with Crippen LogP contribution in [0.1, 0.15) is 16.8 Å². The maximum Gasteiger partial charge on any atom is 0.419 e. The minimum atomic E-state index is -4.92. The summed E-state index contributed by atoms with van der Waals surface area (Å²) >= 11 is 0. The summed E-state index contributed by atoms with van der Waals surface area (Å²) in [4.78, 5) is 19.8. The number of hydrogen-bond donors (Lipinski definition) is 2. The molecule has 0 unspecified atom stereocenters. The highest BCUT2D eigenvalue weighted by molar-refractivity contribution is 5.98. The number of aromatic amines is 1. The molecule has 0 aliphatic carbocycles. The van der Waals surface area contributed by atoms with Gasteiger partial charge in [-0.1, -0.05) is 4.98 Å². The number of benzene rings is 2. The molecule has 2 aromatic carbocycles. The van der Waals surface area contributed by atoms with E-state index in [2.05, 4.69) is 20.6 Å². The fourth-order valence-electron chi connectivity index (χ4n) is 3.89. The molecule has 0 saturated heterocycles. The van der Waals surface area contributed by atoms with Crippen LogP contribution in [-0.4, -0.2) is 22.1 Å². The lowest BCUT2D eigenvalue weighted by Gasteiger charge is -2.14. The Bertz CT molecular complexity index is 1450. The van der Waals surface area contributed by atoms with E-state index in [-0.39, 0.29) is 17.0 Å². The van der Waals surface area contributed by atoms with Crippen molar-refractivity contribution in [3.05, 3.63) is 77.4 Å². The molecule has 7 nitrogen and oxygen atoms in total. The Kier molecular flexibility index (Phi) is 5.59. The quantitative estimate of drug-likeness (QED) is 0.409. The minimum Gasteiger partial charge on any atom is -0.420 e. The maximum absolute atomic E-state index is 14.9. The summed E-state index contributed by atoms with van der Waals surface area (Å²) in [5.74, 6) is -1.92. The standard InChI is InChI=1S/C23H16F5N5O2/c24-16-2-1-13(8-15(16)23(26,27)28)32-22(34)33-6-4-12-7-20(17(25)9-19(12)33)35-21-14-3-5-29-10-18(14)30-11-31-21/h1-2,4,6-9,11,29H,3,5,10H2,(H,32,34)/p+1. The van der Waals surface area contributed by atoms with Gasteiger partial charge in [-0.3, -0.25) is 4.57 Å². The Morgan fingerprint density at radius 1 is 1.14 bits per heavy atom. The summed E-state index contributed by atoms with van der Waals surface area (Å²) in [6.07, 6.45) is -1.48. The van der Waals surface area contributed by atoms with E-state index in [1.807, 2.05) is 0 Å². The van der Waals surface area contributed by atoms with Gasteiger partial charge < -0.3 is 15.4 Å². The predicted octanol–water partition coefficient (Wildman–Crippen LogP) is 4.67. The Labute approximate surface area is 194 Å². The second-order valence-corrected chi connectivity index (χ2v) is 7.84. The Balaban J connectivity index is 1.42. The van der Waals surface area contributed by atoms with Gasteiger partial charge in [0.15, 0.2) is 17.3 Å². The van der Waals surface area contributed by atoms with Crippen LogP contribution >= 0.6 is 0 Å². The van der Waals surface area contributed by atoms with Crippen molar-refractivity contribution < 1.29 is 36.5 Å². The van der Waals surface area contributed by atoms with E-state index in [4.69, 9.17) is 4.74 Å². The van der Waals surface area contributed by atoms with Gasteiger partial charge in [0.1, 0.15) is 5.82 Å². The highest BCUT2D eigenvalue weighted by Crippen LogP contribution is 2.34. The SMILES string of the molecule is O=C(Nc1ccc(F)c(C(F)(F)F)c1)n1ccc2cc(Oc3[nH+]cnc4c3CCNC4)c(F)cc21. The molecule has 0 bridgehead atoms. The number of amides is 1. The first-order valence-electron chi connectivity index (χ1n) is 10.5. The van der Waals surface area contributed by atoms with Crippen LogP contribution in [0, 0.1) is 11.6 Å². The van der Waals surface area contributed by atoms with Crippen LogP contribution in [0.25, 0.3) is 10.9 Å². The third kappa shape index (κ3) is 4.39. The lowest BCUT2D eigenvalue weighted by Crippen LogP contribution is -2.27.